The third kappa shape index (κ3) is 4.05. The number of nitrogens with zero attached hydrogens (tertiary/aromatic N) is 1. The van der Waals surface area contributed by atoms with Crippen molar-refractivity contribution in [3.05, 3.63) is 40.5 Å². The number of primary amides is 1. The van der Waals surface area contributed by atoms with Gasteiger partial charge in [-0.25, -0.2) is 9.59 Å². The number of urea groups is 1. The van der Waals surface area contributed by atoms with E-state index in [0.717, 1.165) is 36.2 Å². The summed E-state index contributed by atoms with van der Waals surface area (Å²) in [5, 5.41) is 2.80. The van der Waals surface area contributed by atoms with Crippen LogP contribution in [0.5, 0.6) is 0 Å². The van der Waals surface area contributed by atoms with E-state index < -0.39 is 24.0 Å². The maximum atomic E-state index is 13.1. The van der Waals surface area contributed by atoms with Crippen LogP contribution in [0, 0.1) is 5.92 Å². The van der Waals surface area contributed by atoms with Gasteiger partial charge in [-0.1, -0.05) is 13.8 Å². The molecular weight excluding hydrogens is 366 g/mol. The molecule has 8 heteroatoms. The lowest BCUT2D eigenvalue weighted by Gasteiger charge is -2.21. The normalized spacial score (nSPS) is 14.5. The van der Waals surface area contributed by atoms with Gasteiger partial charge in [0, 0.05) is 17.3 Å². The largest absolute Gasteiger partial charge is 0.448 e. The molecule has 1 aliphatic carbocycles. The quantitative estimate of drug-likeness (QED) is 0.767. The predicted molar refractivity (Wildman–Crippen MR) is 102 cm³/mol. The smallest absolute Gasteiger partial charge is 0.342 e. The van der Waals surface area contributed by atoms with Crippen molar-refractivity contribution in [1.29, 1.82) is 0 Å². The molecule has 0 radical (unpaired) electrons. The summed E-state index contributed by atoms with van der Waals surface area (Å²) in [6.07, 6.45) is 6.55. The van der Waals surface area contributed by atoms with Gasteiger partial charge in [-0.05, 0) is 49.3 Å². The lowest BCUT2D eigenvalue weighted by molar-refractivity contribution is -0.130. The third-order valence-electron chi connectivity index (χ3n) is 4.54. The van der Waals surface area contributed by atoms with Gasteiger partial charge in [0.15, 0.2) is 6.10 Å². The molecule has 0 fully saturated rings. The molecule has 0 aromatic carbocycles. The van der Waals surface area contributed by atoms with Gasteiger partial charge in [-0.2, -0.15) is 0 Å². The fourth-order valence-corrected chi connectivity index (χ4v) is 4.62. The first-order chi connectivity index (χ1) is 12.9. The van der Waals surface area contributed by atoms with Crippen molar-refractivity contribution in [2.24, 2.45) is 11.7 Å². The zero-order chi connectivity index (χ0) is 19.6. The SMILES string of the molecule is CC(C)[C@@H](OC(=O)c1c(-n2cccc2)sc2c1CCCC2)C(=O)NC(N)=O. The molecule has 2 aromatic heterocycles. The standard InChI is InChI=1S/C19H23N3O4S/c1-11(2)15(16(23)21-19(20)25)26-18(24)14-12-7-3-4-8-13(12)27-17(14)22-9-5-6-10-22/h5-6,9-11,15H,3-4,7-8H2,1-2H3,(H3,20,21,23,25)/t15-/m1/s1. The van der Waals surface area contributed by atoms with Crippen LogP contribution >= 0.6 is 11.3 Å². The van der Waals surface area contributed by atoms with Crippen molar-refractivity contribution in [2.45, 2.75) is 45.6 Å². The van der Waals surface area contributed by atoms with Crippen LogP contribution in [-0.4, -0.2) is 28.6 Å². The number of hydrogen-bond acceptors (Lipinski definition) is 5. The summed E-state index contributed by atoms with van der Waals surface area (Å²) in [4.78, 5) is 37.5. The van der Waals surface area contributed by atoms with Gasteiger partial charge in [0.2, 0.25) is 0 Å². The molecule has 0 bridgehead atoms. The Labute approximate surface area is 161 Å². The van der Waals surface area contributed by atoms with Crippen LogP contribution in [0.3, 0.4) is 0 Å². The van der Waals surface area contributed by atoms with E-state index in [9.17, 15) is 14.4 Å². The minimum absolute atomic E-state index is 0.308. The highest BCUT2D eigenvalue weighted by atomic mass is 32.1. The molecule has 0 aliphatic heterocycles. The topological polar surface area (TPSA) is 103 Å². The molecule has 0 spiro atoms. The van der Waals surface area contributed by atoms with Gasteiger partial charge in [0.1, 0.15) is 5.00 Å². The second-order valence-electron chi connectivity index (χ2n) is 6.90. The van der Waals surface area contributed by atoms with Crippen molar-refractivity contribution >= 4 is 29.2 Å². The van der Waals surface area contributed by atoms with E-state index in [1.165, 1.54) is 4.88 Å². The number of ether oxygens (including phenoxy) is 1. The number of aryl methyl sites for hydroxylation is 1. The number of carbonyl (C=O) groups excluding carboxylic acids is 3. The maximum absolute atomic E-state index is 13.1. The molecule has 1 atom stereocenters. The molecule has 7 nitrogen and oxygen atoms in total. The molecule has 0 saturated heterocycles. The van der Waals surface area contributed by atoms with Crippen molar-refractivity contribution < 1.29 is 19.1 Å². The van der Waals surface area contributed by atoms with Crippen molar-refractivity contribution in [3.8, 4) is 5.00 Å². The van der Waals surface area contributed by atoms with E-state index >= 15 is 0 Å². The van der Waals surface area contributed by atoms with Crippen LogP contribution in [0.2, 0.25) is 0 Å². The molecule has 2 heterocycles. The van der Waals surface area contributed by atoms with Crippen LogP contribution in [-0.2, 0) is 22.4 Å². The Kier molecular flexibility index (Phi) is 5.65. The highest BCUT2D eigenvalue weighted by Crippen LogP contribution is 2.37. The summed E-state index contributed by atoms with van der Waals surface area (Å²) in [5.74, 6) is -1.56. The second kappa shape index (κ2) is 7.96. The highest BCUT2D eigenvalue weighted by Gasteiger charge is 2.32. The zero-order valence-electron chi connectivity index (χ0n) is 15.4. The molecule has 2 aromatic rings. The van der Waals surface area contributed by atoms with Crippen LogP contribution in [0.15, 0.2) is 24.5 Å². The summed E-state index contributed by atoms with van der Waals surface area (Å²) >= 11 is 1.59. The van der Waals surface area contributed by atoms with Gasteiger partial charge in [0.25, 0.3) is 5.91 Å². The molecular formula is C19H23N3O4S. The number of imide groups is 1. The molecule has 27 heavy (non-hydrogen) atoms. The number of hydrogen-bond donors (Lipinski definition) is 2. The first-order valence-corrected chi connectivity index (χ1v) is 9.79. The van der Waals surface area contributed by atoms with Crippen molar-refractivity contribution in [3.63, 3.8) is 0 Å². The summed E-state index contributed by atoms with van der Waals surface area (Å²) in [7, 11) is 0. The Hall–Kier alpha value is -2.61. The number of thiophene rings is 1. The molecule has 3 N–H and O–H groups in total. The lowest BCUT2D eigenvalue weighted by atomic mass is 9.95. The highest BCUT2D eigenvalue weighted by molar-refractivity contribution is 7.15. The Morgan fingerprint density at radius 1 is 1.19 bits per heavy atom. The number of esters is 1. The summed E-state index contributed by atoms with van der Waals surface area (Å²) in [6.45, 7) is 3.49. The fraction of sp³-hybridized carbons (Fsp3) is 0.421. The van der Waals surface area contributed by atoms with Gasteiger partial charge in [-0.15, -0.1) is 11.3 Å². The minimum atomic E-state index is -1.10. The van der Waals surface area contributed by atoms with E-state index in [4.69, 9.17) is 10.5 Å². The first-order valence-electron chi connectivity index (χ1n) is 8.97. The molecule has 1 aliphatic rings. The van der Waals surface area contributed by atoms with E-state index in [1.807, 2.05) is 34.4 Å². The van der Waals surface area contributed by atoms with E-state index in [2.05, 4.69) is 0 Å². The van der Waals surface area contributed by atoms with Crippen LogP contribution in [0.4, 0.5) is 4.79 Å². The fourth-order valence-electron chi connectivity index (χ4n) is 3.27. The van der Waals surface area contributed by atoms with E-state index in [0.29, 0.717) is 5.56 Å². The number of rotatable bonds is 5. The lowest BCUT2D eigenvalue weighted by Crippen LogP contribution is -2.45. The van der Waals surface area contributed by atoms with Crippen molar-refractivity contribution in [1.82, 2.24) is 9.88 Å². The average molecular weight is 389 g/mol. The summed E-state index contributed by atoms with van der Waals surface area (Å²) in [6, 6.07) is 2.82. The Morgan fingerprint density at radius 3 is 2.48 bits per heavy atom. The van der Waals surface area contributed by atoms with Crippen LogP contribution in [0.25, 0.3) is 5.00 Å². The Bertz CT molecular complexity index is 855. The number of amides is 3. The second-order valence-corrected chi connectivity index (χ2v) is 7.99. The van der Waals surface area contributed by atoms with Gasteiger partial charge >= 0.3 is 12.0 Å². The molecule has 144 valence electrons. The number of fused-ring (bicyclic) bond motifs is 1. The number of nitrogens with one attached hydrogen (secondary N) is 1. The van der Waals surface area contributed by atoms with E-state index in [1.54, 1.807) is 25.2 Å². The first kappa shape index (κ1) is 19.2. The average Bonchev–Trinajstić information content (AvgIpc) is 3.25. The Morgan fingerprint density at radius 2 is 1.85 bits per heavy atom. The number of aromatic nitrogens is 1. The van der Waals surface area contributed by atoms with Gasteiger partial charge in [-0.3, -0.25) is 10.1 Å². The molecule has 3 amide bonds. The number of carbonyl (C=O) groups is 3. The summed E-state index contributed by atoms with van der Waals surface area (Å²) < 4.78 is 7.45. The Balaban J connectivity index is 1.94. The van der Waals surface area contributed by atoms with E-state index in [-0.39, 0.29) is 5.92 Å². The van der Waals surface area contributed by atoms with Gasteiger partial charge < -0.3 is 15.0 Å². The number of nitrogens with two attached hydrogens (primary N) is 1. The maximum Gasteiger partial charge on any atom is 0.342 e. The van der Waals surface area contributed by atoms with Crippen LogP contribution in [0.1, 0.15) is 47.5 Å². The predicted octanol–water partition coefficient (Wildman–Crippen LogP) is 2.79. The van der Waals surface area contributed by atoms with Crippen LogP contribution < -0.4 is 11.1 Å². The molecule has 0 saturated carbocycles. The van der Waals surface area contributed by atoms with Gasteiger partial charge in [0.05, 0.1) is 5.56 Å². The molecule has 0 unspecified atom stereocenters. The zero-order valence-corrected chi connectivity index (χ0v) is 16.2. The minimum Gasteiger partial charge on any atom is -0.448 e. The van der Waals surface area contributed by atoms with Crippen molar-refractivity contribution in [2.75, 3.05) is 0 Å². The summed E-state index contributed by atoms with van der Waals surface area (Å²) in [5.41, 5.74) is 6.55. The molecule has 3 rings (SSSR count). The monoisotopic (exact) mass is 389 g/mol. The third-order valence-corrected chi connectivity index (χ3v) is 5.85.